The second-order valence-corrected chi connectivity index (χ2v) is 9.06. The quantitative estimate of drug-likeness (QED) is 0.174. The Morgan fingerprint density at radius 1 is 1.24 bits per heavy atom. The Hall–Kier alpha value is -2.32. The number of guanidine groups is 1. The van der Waals surface area contributed by atoms with Crippen LogP contribution in [0.15, 0.2) is 0 Å². The van der Waals surface area contributed by atoms with Crippen LogP contribution < -0.4 is 16.2 Å². The van der Waals surface area contributed by atoms with E-state index >= 15 is 0 Å². The van der Waals surface area contributed by atoms with Gasteiger partial charge in [-0.3, -0.25) is 20.3 Å². The summed E-state index contributed by atoms with van der Waals surface area (Å²) in [6.07, 6.45) is -1.10. The molecule has 0 spiro atoms. The van der Waals surface area contributed by atoms with Gasteiger partial charge in [-0.2, -0.15) is 0 Å². The SMILES string of the molecule is CC(C)CC(N)C(=O)O.CC(O)CO.CN1CC(=O)NC1=N.C[N+](C)(C)CC(O)CC(=O)[O-]. The minimum atomic E-state index is -1.20. The number of rotatable bonds is 8. The molecule has 0 saturated carbocycles. The van der Waals surface area contributed by atoms with Crippen LogP contribution >= 0.6 is 0 Å². The summed E-state index contributed by atoms with van der Waals surface area (Å²) in [5, 5.41) is 52.8. The highest BCUT2D eigenvalue weighted by atomic mass is 16.4. The zero-order chi connectivity index (χ0) is 26.9. The maximum atomic E-state index is 10.4. The van der Waals surface area contributed by atoms with Crippen LogP contribution in [-0.2, 0) is 14.4 Å². The maximum absolute atomic E-state index is 10.4. The second kappa shape index (κ2) is 18.1. The highest BCUT2D eigenvalue weighted by molar-refractivity contribution is 6.02. The van der Waals surface area contributed by atoms with Crippen molar-refractivity contribution in [1.82, 2.24) is 10.2 Å². The summed E-state index contributed by atoms with van der Waals surface area (Å²) in [7, 11) is 7.36. The number of nitrogens with one attached hydrogen (secondary N) is 2. The summed E-state index contributed by atoms with van der Waals surface area (Å²) in [6.45, 7) is 6.03. The Morgan fingerprint density at radius 2 is 1.70 bits per heavy atom. The van der Waals surface area contributed by atoms with E-state index in [1.165, 1.54) is 6.92 Å². The highest BCUT2D eigenvalue weighted by Crippen LogP contribution is 2.01. The Kier molecular flexibility index (Phi) is 19.4. The first-order valence-electron chi connectivity index (χ1n) is 10.4. The largest absolute Gasteiger partial charge is 0.550 e. The van der Waals surface area contributed by atoms with Gasteiger partial charge in [-0.25, -0.2) is 0 Å². The van der Waals surface area contributed by atoms with Crippen molar-refractivity contribution in [3.05, 3.63) is 0 Å². The molecule has 33 heavy (non-hydrogen) atoms. The van der Waals surface area contributed by atoms with Crippen LogP contribution in [0.4, 0.5) is 0 Å². The van der Waals surface area contributed by atoms with Crippen molar-refractivity contribution < 1.29 is 44.4 Å². The smallest absolute Gasteiger partial charge is 0.320 e. The monoisotopic (exact) mass is 481 g/mol. The molecule has 0 aromatic rings. The lowest BCUT2D eigenvalue weighted by molar-refractivity contribution is -0.873. The van der Waals surface area contributed by atoms with E-state index in [2.05, 4.69) is 5.32 Å². The van der Waals surface area contributed by atoms with Crippen molar-refractivity contribution in [2.75, 3.05) is 47.9 Å². The van der Waals surface area contributed by atoms with Crippen LogP contribution in [0.25, 0.3) is 0 Å². The van der Waals surface area contributed by atoms with Gasteiger partial charge < -0.3 is 45.4 Å². The lowest BCUT2D eigenvalue weighted by Gasteiger charge is -2.26. The number of hydrogen-bond acceptors (Lipinski definition) is 9. The number of carbonyl (C=O) groups is 3. The van der Waals surface area contributed by atoms with Gasteiger partial charge >= 0.3 is 5.97 Å². The first-order valence-corrected chi connectivity index (χ1v) is 10.4. The van der Waals surface area contributed by atoms with Gasteiger partial charge in [-0.05, 0) is 19.3 Å². The number of amides is 1. The predicted octanol–water partition coefficient (Wildman–Crippen LogP) is -3.02. The zero-order valence-electron chi connectivity index (χ0n) is 20.7. The third-order valence-corrected chi connectivity index (χ3v) is 3.49. The summed E-state index contributed by atoms with van der Waals surface area (Å²) in [5.74, 6) is -1.67. The fourth-order valence-corrected chi connectivity index (χ4v) is 2.06. The van der Waals surface area contributed by atoms with Gasteiger partial charge in [-0.1, -0.05) is 13.8 Å². The number of carbonyl (C=O) groups excluding carboxylic acids is 2. The van der Waals surface area contributed by atoms with Crippen molar-refractivity contribution in [3.8, 4) is 0 Å². The molecule has 3 unspecified atom stereocenters. The molecule has 1 heterocycles. The molecule has 0 bridgehead atoms. The molecule has 1 aliphatic rings. The minimum Gasteiger partial charge on any atom is -0.550 e. The van der Waals surface area contributed by atoms with E-state index in [4.69, 9.17) is 31.6 Å². The summed E-state index contributed by atoms with van der Waals surface area (Å²) < 4.78 is 0.550. The Labute approximate surface area is 195 Å². The molecule has 0 aromatic heterocycles. The average molecular weight is 482 g/mol. The molecule has 0 aromatic carbocycles. The standard InChI is InChI=1S/C7H15NO3.C6H13NO2.C4H7N3O.C3H8O2/c1-8(2,3)5-6(9)4-7(10)11;1-4(2)3-5(7)6(8)9;1-7-2-3(8)6-4(7)5;1-3(5)2-4/h6,9H,4-5H2,1-3H3;4-5H,3,7H2,1-2H3,(H,8,9);2H2,1H3,(H2,5,6,8);3-5H,2H2,1H3. The van der Waals surface area contributed by atoms with Gasteiger partial charge in [0, 0.05) is 19.4 Å². The first kappa shape index (κ1) is 35.3. The summed E-state index contributed by atoms with van der Waals surface area (Å²) >= 11 is 0. The number of likely N-dealkylation sites (N-methyl/N-ethyl adjacent to an activating group) is 2. The number of carboxylic acid groups (broad SMARTS) is 2. The number of nitrogens with two attached hydrogens (primary N) is 1. The lowest BCUT2D eigenvalue weighted by Crippen LogP contribution is -2.43. The molecule has 1 amide bonds. The van der Waals surface area contributed by atoms with Crippen LogP contribution in [0.1, 0.15) is 33.6 Å². The number of hydrogen-bond donors (Lipinski definition) is 7. The molecule has 13 nitrogen and oxygen atoms in total. The highest BCUT2D eigenvalue weighted by Gasteiger charge is 2.18. The number of aliphatic hydroxyl groups excluding tert-OH is 3. The molecule has 1 rings (SSSR count). The van der Waals surface area contributed by atoms with Gasteiger partial charge in [0.15, 0.2) is 5.96 Å². The van der Waals surface area contributed by atoms with Gasteiger partial charge in [0.2, 0.25) is 5.91 Å². The topological polar surface area (TPSA) is 220 Å². The molecule has 196 valence electrons. The molecule has 1 fully saturated rings. The minimum absolute atomic E-state index is 0.0995. The number of nitrogens with zero attached hydrogens (tertiary/aromatic N) is 2. The van der Waals surface area contributed by atoms with Gasteiger partial charge in [-0.15, -0.1) is 0 Å². The van der Waals surface area contributed by atoms with Crippen LogP contribution in [0.5, 0.6) is 0 Å². The van der Waals surface area contributed by atoms with Crippen LogP contribution in [0.3, 0.4) is 0 Å². The molecule has 0 aliphatic carbocycles. The molecule has 8 N–H and O–H groups in total. The molecule has 3 atom stereocenters. The van der Waals surface area contributed by atoms with Crippen molar-refractivity contribution in [2.24, 2.45) is 11.7 Å². The lowest BCUT2D eigenvalue weighted by atomic mass is 10.1. The summed E-state index contributed by atoms with van der Waals surface area (Å²) in [6, 6.07) is -0.690. The second-order valence-electron chi connectivity index (χ2n) is 9.06. The third kappa shape index (κ3) is 27.6. The van der Waals surface area contributed by atoms with Gasteiger partial charge in [0.1, 0.15) is 18.7 Å². The Bertz CT molecular complexity index is 593. The van der Waals surface area contributed by atoms with E-state index in [0.717, 1.165) is 0 Å². The van der Waals surface area contributed by atoms with E-state index in [0.29, 0.717) is 29.9 Å². The normalized spacial score (nSPS) is 15.6. The zero-order valence-corrected chi connectivity index (χ0v) is 20.7. The molecule has 0 radical (unpaired) electrons. The number of carboxylic acids is 2. The maximum Gasteiger partial charge on any atom is 0.320 e. The van der Waals surface area contributed by atoms with Crippen LogP contribution in [-0.4, -0.2) is 120 Å². The Morgan fingerprint density at radius 3 is 1.85 bits per heavy atom. The number of aliphatic carboxylic acids is 2. The molecule has 1 saturated heterocycles. The third-order valence-electron chi connectivity index (χ3n) is 3.49. The summed E-state index contributed by atoms with van der Waals surface area (Å²) in [5.41, 5.74) is 5.22. The summed E-state index contributed by atoms with van der Waals surface area (Å²) in [4.78, 5) is 32.0. The van der Waals surface area contributed by atoms with E-state index in [-0.39, 0.29) is 24.9 Å². The van der Waals surface area contributed by atoms with Gasteiger partial charge in [0.25, 0.3) is 0 Å². The fourth-order valence-electron chi connectivity index (χ4n) is 2.06. The first-order chi connectivity index (χ1) is 14.8. The molecular formula is C20H43N5O8. The van der Waals surface area contributed by atoms with Crippen molar-refractivity contribution in [2.45, 2.75) is 51.9 Å². The Balaban J connectivity index is -0.000000375. The fraction of sp³-hybridized carbons (Fsp3) is 0.800. The van der Waals surface area contributed by atoms with Gasteiger partial charge in [0.05, 0.1) is 40.4 Å². The van der Waals surface area contributed by atoms with E-state index in [1.54, 1.807) is 11.9 Å². The van der Waals surface area contributed by atoms with Crippen molar-refractivity contribution in [3.63, 3.8) is 0 Å². The van der Waals surface area contributed by atoms with Crippen molar-refractivity contribution in [1.29, 1.82) is 5.41 Å². The average Bonchev–Trinajstić information content (AvgIpc) is 2.88. The molecule has 1 aliphatic heterocycles. The van der Waals surface area contributed by atoms with Crippen LogP contribution in [0, 0.1) is 11.3 Å². The van der Waals surface area contributed by atoms with E-state index < -0.39 is 30.2 Å². The van der Waals surface area contributed by atoms with Crippen LogP contribution in [0.2, 0.25) is 0 Å². The predicted molar refractivity (Wildman–Crippen MR) is 121 cm³/mol. The van der Waals surface area contributed by atoms with Crippen molar-refractivity contribution >= 4 is 23.8 Å². The van der Waals surface area contributed by atoms with E-state index in [1.807, 2.05) is 35.0 Å². The molecular weight excluding hydrogens is 438 g/mol. The number of quaternary nitrogens is 1. The number of aliphatic hydroxyl groups is 3. The van der Waals surface area contributed by atoms with E-state index in [9.17, 15) is 19.5 Å². The molecule has 13 heteroatoms.